The number of piperidine rings is 1. The van der Waals surface area contributed by atoms with E-state index >= 15 is 0 Å². The van der Waals surface area contributed by atoms with Crippen LogP contribution in [-0.4, -0.2) is 39.8 Å². The molecular weight excluding hydrogens is 332 g/mol. The maximum atomic E-state index is 11.5. The van der Waals surface area contributed by atoms with Crippen LogP contribution in [0.25, 0.3) is 0 Å². The average molecular weight is 354 g/mol. The number of likely N-dealkylation sites (tertiary alicyclic amines) is 1. The predicted octanol–water partition coefficient (Wildman–Crippen LogP) is 2.95. The minimum Gasteiger partial charge on any atom is -0.437 e. The Labute approximate surface area is 152 Å². The summed E-state index contributed by atoms with van der Waals surface area (Å²) in [5, 5.41) is 2.72. The minimum absolute atomic E-state index is 0.110. The summed E-state index contributed by atoms with van der Waals surface area (Å²) in [6, 6.07) is 7.11. The smallest absolute Gasteiger partial charge is 0.241 e. The van der Waals surface area contributed by atoms with E-state index < -0.39 is 0 Å². The van der Waals surface area contributed by atoms with Gasteiger partial charge in [0.2, 0.25) is 17.7 Å². The second-order valence-corrected chi connectivity index (χ2v) is 6.33. The zero-order valence-electron chi connectivity index (χ0n) is 14.9. The first-order valence-electron chi connectivity index (χ1n) is 8.65. The Balaban J connectivity index is 1.71. The number of hydrogen-bond acceptors (Lipinski definition) is 5. The lowest BCUT2D eigenvalue weighted by molar-refractivity contribution is -0.129. The van der Waals surface area contributed by atoms with Crippen LogP contribution < -0.4 is 10.1 Å². The van der Waals surface area contributed by atoms with E-state index in [1.54, 1.807) is 43.6 Å². The zero-order chi connectivity index (χ0) is 18.5. The Morgan fingerprint density at radius 2 is 1.73 bits per heavy atom. The summed E-state index contributed by atoms with van der Waals surface area (Å²) >= 11 is 0. The van der Waals surface area contributed by atoms with Crippen molar-refractivity contribution in [2.75, 3.05) is 18.4 Å². The molecule has 0 aliphatic carbocycles. The first kappa shape index (κ1) is 17.8. The van der Waals surface area contributed by atoms with E-state index in [4.69, 9.17) is 4.74 Å². The Morgan fingerprint density at radius 3 is 2.35 bits per heavy atom. The van der Waals surface area contributed by atoms with Crippen molar-refractivity contribution in [1.29, 1.82) is 0 Å². The molecular formula is C19H22N4O3. The third-order valence-electron chi connectivity index (χ3n) is 4.41. The van der Waals surface area contributed by atoms with Gasteiger partial charge in [0.15, 0.2) is 0 Å². The second-order valence-electron chi connectivity index (χ2n) is 6.33. The SMILES string of the molecule is CC(=O)Nc1ccc(Oc2nccnc2C2CCN(C(C)=O)CC2)cc1. The number of anilines is 1. The van der Waals surface area contributed by atoms with Crippen molar-refractivity contribution in [3.63, 3.8) is 0 Å². The minimum atomic E-state index is -0.119. The van der Waals surface area contributed by atoms with Gasteiger partial charge in [0, 0.05) is 50.9 Å². The lowest BCUT2D eigenvalue weighted by Gasteiger charge is -2.31. The third-order valence-corrected chi connectivity index (χ3v) is 4.41. The Bertz CT molecular complexity index is 784. The first-order valence-corrected chi connectivity index (χ1v) is 8.65. The summed E-state index contributed by atoms with van der Waals surface area (Å²) in [7, 11) is 0. The van der Waals surface area contributed by atoms with Gasteiger partial charge in [0.05, 0.1) is 0 Å². The molecule has 3 rings (SSSR count). The van der Waals surface area contributed by atoms with Crippen LogP contribution in [0.4, 0.5) is 5.69 Å². The van der Waals surface area contributed by atoms with Crippen LogP contribution in [-0.2, 0) is 9.59 Å². The fourth-order valence-corrected chi connectivity index (χ4v) is 3.08. The number of ether oxygens (including phenoxy) is 1. The van der Waals surface area contributed by atoms with E-state index in [1.165, 1.54) is 6.92 Å². The van der Waals surface area contributed by atoms with E-state index in [9.17, 15) is 9.59 Å². The topological polar surface area (TPSA) is 84.4 Å². The normalized spacial score (nSPS) is 14.8. The average Bonchev–Trinajstić information content (AvgIpc) is 2.63. The number of carbonyl (C=O) groups excluding carboxylic acids is 2. The van der Waals surface area contributed by atoms with E-state index in [2.05, 4.69) is 15.3 Å². The molecule has 0 unspecified atom stereocenters. The van der Waals surface area contributed by atoms with Crippen molar-refractivity contribution in [2.24, 2.45) is 0 Å². The number of amides is 2. The Hall–Kier alpha value is -2.96. The molecule has 26 heavy (non-hydrogen) atoms. The number of rotatable bonds is 4. The molecule has 1 aromatic heterocycles. The van der Waals surface area contributed by atoms with Crippen LogP contribution in [0.5, 0.6) is 11.6 Å². The van der Waals surface area contributed by atoms with Gasteiger partial charge in [-0.2, -0.15) is 0 Å². The molecule has 7 nitrogen and oxygen atoms in total. The zero-order valence-corrected chi connectivity index (χ0v) is 14.9. The number of hydrogen-bond donors (Lipinski definition) is 1. The molecule has 1 N–H and O–H groups in total. The second kappa shape index (κ2) is 7.95. The van der Waals surface area contributed by atoms with Crippen molar-refractivity contribution in [2.45, 2.75) is 32.6 Å². The Morgan fingerprint density at radius 1 is 1.08 bits per heavy atom. The predicted molar refractivity (Wildman–Crippen MR) is 97.1 cm³/mol. The van der Waals surface area contributed by atoms with Gasteiger partial charge >= 0.3 is 0 Å². The van der Waals surface area contributed by atoms with Crippen molar-refractivity contribution in [3.8, 4) is 11.6 Å². The molecule has 0 atom stereocenters. The number of carbonyl (C=O) groups is 2. The molecule has 7 heteroatoms. The summed E-state index contributed by atoms with van der Waals surface area (Å²) in [4.78, 5) is 33.3. The summed E-state index contributed by atoms with van der Waals surface area (Å²) in [5.74, 6) is 1.32. The largest absolute Gasteiger partial charge is 0.437 e. The van der Waals surface area contributed by atoms with Crippen LogP contribution in [0.1, 0.15) is 38.3 Å². The standard InChI is InChI=1S/C19H22N4O3/c1-13(24)22-16-3-5-17(6-4-16)26-19-18(20-9-10-21-19)15-7-11-23(12-8-15)14(2)25/h3-6,9-10,15H,7-8,11-12H2,1-2H3,(H,22,24). The van der Waals surface area contributed by atoms with Crippen LogP contribution in [0, 0.1) is 0 Å². The molecule has 1 saturated heterocycles. The summed E-state index contributed by atoms with van der Waals surface area (Å²) in [6.45, 7) is 4.51. The first-order chi connectivity index (χ1) is 12.5. The number of nitrogens with zero attached hydrogens (tertiary/aromatic N) is 3. The molecule has 0 spiro atoms. The number of nitrogens with one attached hydrogen (secondary N) is 1. The van der Waals surface area contributed by atoms with Gasteiger partial charge in [-0.1, -0.05) is 0 Å². The van der Waals surface area contributed by atoms with Gasteiger partial charge in [-0.3, -0.25) is 14.6 Å². The van der Waals surface area contributed by atoms with Crippen molar-refractivity contribution in [3.05, 3.63) is 42.4 Å². The lowest BCUT2D eigenvalue weighted by atomic mass is 9.93. The maximum absolute atomic E-state index is 11.5. The fourth-order valence-electron chi connectivity index (χ4n) is 3.08. The van der Waals surface area contributed by atoms with Gasteiger partial charge in [-0.15, -0.1) is 0 Å². The van der Waals surface area contributed by atoms with E-state index in [-0.39, 0.29) is 17.7 Å². The van der Waals surface area contributed by atoms with Crippen molar-refractivity contribution >= 4 is 17.5 Å². The van der Waals surface area contributed by atoms with Crippen LogP contribution in [0.2, 0.25) is 0 Å². The van der Waals surface area contributed by atoms with Gasteiger partial charge in [-0.25, -0.2) is 4.98 Å². The van der Waals surface area contributed by atoms with Crippen molar-refractivity contribution < 1.29 is 14.3 Å². The quantitative estimate of drug-likeness (QED) is 0.912. The van der Waals surface area contributed by atoms with Crippen molar-refractivity contribution in [1.82, 2.24) is 14.9 Å². The molecule has 1 aliphatic rings. The molecule has 2 aromatic rings. The molecule has 1 aliphatic heterocycles. The van der Waals surface area contributed by atoms with E-state index in [0.717, 1.165) is 31.6 Å². The van der Waals surface area contributed by atoms with Gasteiger partial charge < -0.3 is 15.0 Å². The number of aromatic nitrogens is 2. The van der Waals surface area contributed by atoms with Gasteiger partial charge in [0.1, 0.15) is 11.4 Å². The van der Waals surface area contributed by atoms with Gasteiger partial charge in [-0.05, 0) is 37.1 Å². The fraction of sp³-hybridized carbons (Fsp3) is 0.368. The molecule has 0 radical (unpaired) electrons. The molecule has 1 fully saturated rings. The van der Waals surface area contributed by atoms with E-state index in [1.807, 2.05) is 4.90 Å². The lowest BCUT2D eigenvalue weighted by Crippen LogP contribution is -2.36. The molecule has 2 heterocycles. The van der Waals surface area contributed by atoms with Crippen LogP contribution in [0.3, 0.4) is 0 Å². The molecule has 1 aromatic carbocycles. The van der Waals surface area contributed by atoms with Crippen LogP contribution in [0.15, 0.2) is 36.7 Å². The molecule has 2 amide bonds. The monoisotopic (exact) mass is 354 g/mol. The summed E-state index contributed by atoms with van der Waals surface area (Å²) in [6.07, 6.45) is 4.96. The highest BCUT2D eigenvalue weighted by Gasteiger charge is 2.26. The Kier molecular flexibility index (Phi) is 5.46. The molecule has 0 saturated carbocycles. The maximum Gasteiger partial charge on any atom is 0.241 e. The summed E-state index contributed by atoms with van der Waals surface area (Å²) in [5.41, 5.74) is 1.53. The summed E-state index contributed by atoms with van der Waals surface area (Å²) < 4.78 is 5.93. The third kappa shape index (κ3) is 4.36. The van der Waals surface area contributed by atoms with Crippen LogP contribution >= 0.6 is 0 Å². The number of benzene rings is 1. The molecule has 136 valence electrons. The van der Waals surface area contributed by atoms with Gasteiger partial charge in [0.25, 0.3) is 0 Å². The highest BCUT2D eigenvalue weighted by molar-refractivity contribution is 5.88. The highest BCUT2D eigenvalue weighted by atomic mass is 16.5. The van der Waals surface area contributed by atoms with E-state index in [0.29, 0.717) is 17.3 Å². The highest BCUT2D eigenvalue weighted by Crippen LogP contribution is 2.33. The molecule has 0 bridgehead atoms.